The van der Waals surface area contributed by atoms with E-state index in [4.69, 9.17) is 0 Å². The van der Waals surface area contributed by atoms with E-state index in [0.717, 1.165) is 0 Å². The molecular weight excluding hydrogens is 333 g/mol. The summed E-state index contributed by atoms with van der Waals surface area (Å²) in [7, 11) is 0. The number of ketones is 2. The summed E-state index contributed by atoms with van der Waals surface area (Å²) < 4.78 is 38.1. The van der Waals surface area contributed by atoms with Crippen molar-refractivity contribution in [1.82, 2.24) is 0 Å². The van der Waals surface area contributed by atoms with Gasteiger partial charge < -0.3 is 5.11 Å². The van der Waals surface area contributed by atoms with Gasteiger partial charge in [0.25, 0.3) is 0 Å². The molecule has 0 heterocycles. The molecule has 3 nitrogen and oxygen atoms in total. The minimum Gasteiger partial charge on any atom is -0.504 e. The minimum atomic E-state index is -4.14. The van der Waals surface area contributed by atoms with Gasteiger partial charge in [-0.15, -0.1) is 0 Å². The Bertz CT molecular complexity index is 726. The van der Waals surface area contributed by atoms with Crippen LogP contribution in [0.15, 0.2) is 35.6 Å². The minimum absolute atomic E-state index is 0.0824. The normalized spacial score (nSPS) is 24.4. The molecule has 0 atom stereocenters. The van der Waals surface area contributed by atoms with Crippen LogP contribution in [0.3, 0.4) is 0 Å². The lowest BCUT2D eigenvalue weighted by molar-refractivity contribution is -0.184. The van der Waals surface area contributed by atoms with Crippen molar-refractivity contribution in [3.63, 3.8) is 0 Å². The number of hydrogen-bond donors (Lipinski definition) is 1. The average Bonchev–Trinajstić information content (AvgIpc) is 2.59. The average molecular weight is 352 g/mol. The highest BCUT2D eigenvalue weighted by atomic mass is 19.4. The number of carbonyl (C=O) groups is 2. The number of hydrogen-bond acceptors (Lipinski definition) is 3. The molecule has 134 valence electrons. The van der Waals surface area contributed by atoms with Gasteiger partial charge in [-0.2, -0.15) is 13.2 Å². The van der Waals surface area contributed by atoms with Gasteiger partial charge in [0.05, 0.1) is 5.92 Å². The molecule has 25 heavy (non-hydrogen) atoms. The molecule has 0 saturated heterocycles. The number of benzene rings is 1. The van der Waals surface area contributed by atoms with Crippen LogP contribution in [-0.4, -0.2) is 22.8 Å². The van der Waals surface area contributed by atoms with Gasteiger partial charge in [0.15, 0.2) is 11.5 Å². The summed E-state index contributed by atoms with van der Waals surface area (Å²) >= 11 is 0. The van der Waals surface area contributed by atoms with E-state index in [2.05, 4.69) is 0 Å². The number of carbonyl (C=O) groups excluding carboxylic acids is 2. The number of aliphatic hydroxyl groups is 1. The molecule has 1 aromatic carbocycles. The third-order valence-electron chi connectivity index (χ3n) is 5.30. The number of Topliss-reactive ketones (excluding diaryl/α,β-unsaturated/α-hetero) is 2. The van der Waals surface area contributed by atoms with E-state index in [0.29, 0.717) is 19.3 Å². The number of allylic oxidation sites excluding steroid dienone is 2. The van der Waals surface area contributed by atoms with Crippen molar-refractivity contribution >= 4 is 11.6 Å². The number of aliphatic hydroxyl groups excluding tert-OH is 1. The van der Waals surface area contributed by atoms with Gasteiger partial charge >= 0.3 is 6.18 Å². The van der Waals surface area contributed by atoms with Crippen LogP contribution >= 0.6 is 0 Å². The molecule has 0 aromatic heterocycles. The lowest BCUT2D eigenvalue weighted by Crippen LogP contribution is -2.28. The number of halogens is 3. The van der Waals surface area contributed by atoms with E-state index in [9.17, 15) is 27.9 Å². The molecule has 2 aliphatic carbocycles. The van der Waals surface area contributed by atoms with Crippen LogP contribution in [0.4, 0.5) is 13.2 Å². The van der Waals surface area contributed by atoms with Crippen molar-refractivity contribution in [3.8, 4) is 0 Å². The quantitative estimate of drug-likeness (QED) is 0.830. The smallest absolute Gasteiger partial charge is 0.391 e. The van der Waals surface area contributed by atoms with Gasteiger partial charge in [0, 0.05) is 16.7 Å². The predicted octanol–water partition coefficient (Wildman–Crippen LogP) is 5.03. The van der Waals surface area contributed by atoms with Crippen LogP contribution in [0.5, 0.6) is 0 Å². The van der Waals surface area contributed by atoms with Crippen molar-refractivity contribution in [3.05, 3.63) is 46.7 Å². The molecule has 0 amide bonds. The topological polar surface area (TPSA) is 54.4 Å². The zero-order chi connectivity index (χ0) is 18.2. The molecule has 0 unspecified atom stereocenters. The molecule has 0 spiro atoms. The molecule has 1 N–H and O–H groups in total. The van der Waals surface area contributed by atoms with E-state index in [-0.39, 0.29) is 47.7 Å². The zero-order valence-electron chi connectivity index (χ0n) is 13.6. The van der Waals surface area contributed by atoms with E-state index in [1.807, 2.05) is 0 Å². The second-order valence-electron chi connectivity index (χ2n) is 6.83. The van der Waals surface area contributed by atoms with Gasteiger partial charge in [-0.25, -0.2) is 0 Å². The Labute approximate surface area is 143 Å². The van der Waals surface area contributed by atoms with Gasteiger partial charge in [0.2, 0.25) is 5.78 Å². The largest absolute Gasteiger partial charge is 0.504 e. The maximum absolute atomic E-state index is 12.7. The van der Waals surface area contributed by atoms with Crippen LogP contribution in [0.1, 0.15) is 59.2 Å². The van der Waals surface area contributed by atoms with Gasteiger partial charge in [0.1, 0.15) is 0 Å². The fraction of sp³-hybridized carbons (Fsp3) is 0.474. The van der Waals surface area contributed by atoms with Crippen molar-refractivity contribution in [2.24, 2.45) is 11.8 Å². The summed E-state index contributed by atoms with van der Waals surface area (Å²) in [5.74, 6) is -2.60. The summed E-state index contributed by atoms with van der Waals surface area (Å²) in [5, 5.41) is 10.1. The molecular formula is C19H19F3O3. The number of rotatable bonds is 3. The van der Waals surface area contributed by atoms with E-state index < -0.39 is 23.6 Å². The summed E-state index contributed by atoms with van der Waals surface area (Å²) in [6.45, 7) is 0. The zero-order valence-corrected chi connectivity index (χ0v) is 13.6. The first kappa shape index (κ1) is 17.7. The van der Waals surface area contributed by atoms with Gasteiger partial charge in [-0.05, 0) is 44.4 Å². The first-order chi connectivity index (χ1) is 11.8. The lowest BCUT2D eigenvalue weighted by atomic mass is 9.78. The maximum Gasteiger partial charge on any atom is 0.391 e. The number of fused-ring (bicyclic) bond motifs is 1. The highest BCUT2D eigenvalue weighted by molar-refractivity contribution is 6.25. The number of alkyl halides is 3. The van der Waals surface area contributed by atoms with E-state index in [1.54, 1.807) is 18.2 Å². The van der Waals surface area contributed by atoms with Crippen LogP contribution in [0.25, 0.3) is 0 Å². The van der Waals surface area contributed by atoms with E-state index in [1.165, 1.54) is 6.07 Å². The van der Waals surface area contributed by atoms with Crippen molar-refractivity contribution in [2.75, 3.05) is 0 Å². The third kappa shape index (κ3) is 3.48. The fourth-order valence-electron chi connectivity index (χ4n) is 3.77. The van der Waals surface area contributed by atoms with Gasteiger partial charge in [-0.3, -0.25) is 9.59 Å². The third-order valence-corrected chi connectivity index (χ3v) is 5.30. The Morgan fingerprint density at radius 1 is 0.960 bits per heavy atom. The molecule has 3 rings (SSSR count). The highest BCUT2D eigenvalue weighted by Crippen LogP contribution is 2.41. The standard InChI is InChI=1S/C19H19F3O3/c20-19(21,22)12-8-5-11(6-9-12)7-10-15-16(23)13-3-1-2-4-14(13)17(24)18(15)25/h1-4,11-12,25H,5-10H2. The second-order valence-corrected chi connectivity index (χ2v) is 6.83. The first-order valence-corrected chi connectivity index (χ1v) is 8.46. The first-order valence-electron chi connectivity index (χ1n) is 8.46. The molecule has 6 heteroatoms. The predicted molar refractivity (Wildman–Crippen MR) is 85.5 cm³/mol. The Balaban J connectivity index is 1.65. The Morgan fingerprint density at radius 3 is 2.08 bits per heavy atom. The van der Waals surface area contributed by atoms with Crippen LogP contribution in [0, 0.1) is 11.8 Å². The molecule has 1 fully saturated rings. The molecule has 1 saturated carbocycles. The fourth-order valence-corrected chi connectivity index (χ4v) is 3.77. The Morgan fingerprint density at radius 2 is 1.52 bits per heavy atom. The summed E-state index contributed by atoms with van der Waals surface area (Å²) in [5.41, 5.74) is 0.558. The van der Waals surface area contributed by atoms with Gasteiger partial charge in [-0.1, -0.05) is 24.3 Å². The SMILES string of the molecule is O=C1C(O)=C(CCC2CCC(C(F)(F)F)CC2)C(=O)c2ccccc21. The van der Waals surface area contributed by atoms with Crippen molar-refractivity contribution in [2.45, 2.75) is 44.7 Å². The van der Waals surface area contributed by atoms with Crippen LogP contribution in [-0.2, 0) is 0 Å². The lowest BCUT2D eigenvalue weighted by Gasteiger charge is -2.30. The van der Waals surface area contributed by atoms with Crippen LogP contribution in [0.2, 0.25) is 0 Å². The van der Waals surface area contributed by atoms with Crippen LogP contribution < -0.4 is 0 Å². The van der Waals surface area contributed by atoms with Crippen molar-refractivity contribution in [1.29, 1.82) is 0 Å². The maximum atomic E-state index is 12.7. The second kappa shape index (κ2) is 6.65. The summed E-state index contributed by atoms with van der Waals surface area (Å²) in [6, 6.07) is 6.33. The highest BCUT2D eigenvalue weighted by Gasteiger charge is 2.41. The van der Waals surface area contributed by atoms with E-state index >= 15 is 0 Å². The van der Waals surface area contributed by atoms with Crippen molar-refractivity contribution < 1.29 is 27.9 Å². The summed E-state index contributed by atoms with van der Waals surface area (Å²) in [6.07, 6.45) is -2.30. The molecule has 0 bridgehead atoms. The Kier molecular flexibility index (Phi) is 4.71. The molecule has 0 aliphatic heterocycles. The molecule has 0 radical (unpaired) electrons. The summed E-state index contributed by atoms with van der Waals surface area (Å²) in [4.78, 5) is 24.7. The monoisotopic (exact) mass is 352 g/mol. The molecule has 2 aliphatic rings. The Hall–Kier alpha value is -2.11. The molecule has 1 aromatic rings.